The van der Waals surface area contributed by atoms with Crippen molar-refractivity contribution in [1.82, 2.24) is 19.5 Å². The Kier molecular flexibility index (Phi) is 6.75. The number of aromatic nitrogens is 4. The van der Waals surface area contributed by atoms with Gasteiger partial charge in [0.25, 0.3) is 0 Å². The first-order valence-electron chi connectivity index (χ1n) is 5.08. The summed E-state index contributed by atoms with van der Waals surface area (Å²) in [5, 5.41) is 0. The van der Waals surface area contributed by atoms with Crippen LogP contribution in [0.1, 0.15) is 31.7 Å². The summed E-state index contributed by atoms with van der Waals surface area (Å²) in [5.41, 5.74) is 1.88. The van der Waals surface area contributed by atoms with Crippen LogP contribution in [0.25, 0.3) is 11.2 Å². The number of rotatable bonds is 1. The molecule has 17 heavy (non-hydrogen) atoms. The summed E-state index contributed by atoms with van der Waals surface area (Å²) in [5.74, 6) is 0. The molecule has 96 valence electrons. The van der Waals surface area contributed by atoms with Crippen LogP contribution < -0.4 is 0 Å². The van der Waals surface area contributed by atoms with E-state index in [9.17, 15) is 0 Å². The standard InChI is InChI=1S/C10H12N4.3ClH/c1-2-4-8(3-1)14-7-13-9-5-11-6-12-10(9)14;;;/h5-8H,1-4H2;3*1H. The SMILES string of the molecule is Cl.Cl.Cl.c1ncc2ncn(C3CCCC3)c2n1. The van der Waals surface area contributed by atoms with E-state index >= 15 is 0 Å². The lowest BCUT2D eigenvalue weighted by atomic mass is 10.2. The van der Waals surface area contributed by atoms with Crippen molar-refractivity contribution in [3.8, 4) is 0 Å². The first-order chi connectivity index (χ1) is 6.95. The van der Waals surface area contributed by atoms with E-state index in [2.05, 4.69) is 19.5 Å². The van der Waals surface area contributed by atoms with Gasteiger partial charge in [-0.3, -0.25) is 0 Å². The molecule has 1 aliphatic rings. The van der Waals surface area contributed by atoms with Gasteiger partial charge in [-0.05, 0) is 12.8 Å². The second kappa shape index (κ2) is 6.99. The molecule has 0 atom stereocenters. The Morgan fingerprint density at radius 2 is 1.76 bits per heavy atom. The van der Waals surface area contributed by atoms with Gasteiger partial charge in [0, 0.05) is 6.04 Å². The highest BCUT2D eigenvalue weighted by atomic mass is 35.5. The van der Waals surface area contributed by atoms with E-state index in [0.717, 1.165) is 11.2 Å². The summed E-state index contributed by atoms with van der Waals surface area (Å²) in [6.45, 7) is 0. The Labute approximate surface area is 118 Å². The molecular formula is C10H15Cl3N4. The van der Waals surface area contributed by atoms with E-state index in [1.54, 1.807) is 12.5 Å². The van der Waals surface area contributed by atoms with Crippen molar-refractivity contribution in [3.63, 3.8) is 0 Å². The quantitative estimate of drug-likeness (QED) is 0.812. The molecule has 1 saturated carbocycles. The van der Waals surface area contributed by atoms with E-state index in [1.807, 2.05) is 6.33 Å². The Morgan fingerprint density at radius 1 is 1.06 bits per heavy atom. The zero-order valence-electron chi connectivity index (χ0n) is 9.15. The molecule has 0 bridgehead atoms. The first-order valence-corrected chi connectivity index (χ1v) is 5.08. The van der Waals surface area contributed by atoms with E-state index in [4.69, 9.17) is 0 Å². The van der Waals surface area contributed by atoms with Crippen LogP contribution in [0.3, 0.4) is 0 Å². The van der Waals surface area contributed by atoms with Crippen molar-refractivity contribution >= 4 is 48.4 Å². The zero-order chi connectivity index (χ0) is 9.38. The van der Waals surface area contributed by atoms with Gasteiger partial charge in [-0.1, -0.05) is 12.8 Å². The van der Waals surface area contributed by atoms with Gasteiger partial charge < -0.3 is 4.57 Å². The lowest BCUT2D eigenvalue weighted by molar-refractivity contribution is 0.529. The lowest BCUT2D eigenvalue weighted by Gasteiger charge is -2.10. The molecule has 0 radical (unpaired) electrons. The van der Waals surface area contributed by atoms with Crippen LogP contribution in [0.5, 0.6) is 0 Å². The fraction of sp³-hybridized carbons (Fsp3) is 0.500. The minimum absolute atomic E-state index is 0. The van der Waals surface area contributed by atoms with Crippen molar-refractivity contribution in [2.75, 3.05) is 0 Å². The van der Waals surface area contributed by atoms with Gasteiger partial charge in [0.1, 0.15) is 11.8 Å². The molecule has 0 spiro atoms. The molecule has 4 nitrogen and oxygen atoms in total. The maximum atomic E-state index is 4.30. The predicted molar refractivity (Wildman–Crippen MR) is 74.6 cm³/mol. The fourth-order valence-corrected chi connectivity index (χ4v) is 2.23. The molecule has 2 aromatic rings. The number of nitrogens with zero attached hydrogens (tertiary/aromatic N) is 4. The number of fused-ring (bicyclic) bond motifs is 1. The Bertz CT molecular complexity index is 454. The van der Waals surface area contributed by atoms with Crippen molar-refractivity contribution < 1.29 is 0 Å². The van der Waals surface area contributed by atoms with Crippen molar-refractivity contribution in [3.05, 3.63) is 18.9 Å². The summed E-state index contributed by atoms with van der Waals surface area (Å²) in [4.78, 5) is 12.5. The van der Waals surface area contributed by atoms with Crippen molar-refractivity contribution in [2.24, 2.45) is 0 Å². The zero-order valence-corrected chi connectivity index (χ0v) is 11.6. The van der Waals surface area contributed by atoms with Gasteiger partial charge in [0.05, 0.1) is 12.5 Å². The number of halogens is 3. The average Bonchev–Trinajstić information content (AvgIpc) is 2.85. The highest BCUT2D eigenvalue weighted by Crippen LogP contribution is 2.30. The molecule has 0 saturated heterocycles. The Hall–Kier alpha value is -0.580. The summed E-state index contributed by atoms with van der Waals surface area (Å²) in [6, 6.07) is 0.606. The van der Waals surface area contributed by atoms with E-state index < -0.39 is 0 Å². The molecule has 0 aromatic carbocycles. The van der Waals surface area contributed by atoms with Crippen LogP contribution in [0.15, 0.2) is 18.9 Å². The highest BCUT2D eigenvalue weighted by molar-refractivity contribution is 5.86. The van der Waals surface area contributed by atoms with Crippen LogP contribution in [0, 0.1) is 0 Å². The normalized spacial score (nSPS) is 14.8. The molecule has 2 aromatic heterocycles. The monoisotopic (exact) mass is 296 g/mol. The first kappa shape index (κ1) is 16.4. The summed E-state index contributed by atoms with van der Waals surface area (Å²) >= 11 is 0. The topological polar surface area (TPSA) is 43.6 Å². The van der Waals surface area contributed by atoms with Gasteiger partial charge >= 0.3 is 0 Å². The molecule has 0 aliphatic heterocycles. The fourth-order valence-electron chi connectivity index (χ4n) is 2.23. The maximum absolute atomic E-state index is 4.30. The van der Waals surface area contributed by atoms with Crippen LogP contribution in [-0.2, 0) is 0 Å². The molecule has 0 N–H and O–H groups in total. The number of imidazole rings is 1. The van der Waals surface area contributed by atoms with Crippen LogP contribution in [-0.4, -0.2) is 19.5 Å². The Morgan fingerprint density at radius 3 is 2.47 bits per heavy atom. The van der Waals surface area contributed by atoms with Gasteiger partial charge in [0.15, 0.2) is 5.65 Å². The highest BCUT2D eigenvalue weighted by Gasteiger charge is 2.18. The molecular weight excluding hydrogens is 282 g/mol. The molecule has 2 heterocycles. The summed E-state index contributed by atoms with van der Waals surface area (Å²) in [6.07, 6.45) is 10.4. The van der Waals surface area contributed by atoms with Gasteiger partial charge in [-0.15, -0.1) is 37.2 Å². The van der Waals surface area contributed by atoms with Crippen LogP contribution in [0.2, 0.25) is 0 Å². The van der Waals surface area contributed by atoms with E-state index in [1.165, 1.54) is 25.7 Å². The maximum Gasteiger partial charge on any atom is 0.163 e. The van der Waals surface area contributed by atoms with E-state index in [-0.39, 0.29) is 37.2 Å². The van der Waals surface area contributed by atoms with Gasteiger partial charge in [0.2, 0.25) is 0 Å². The largest absolute Gasteiger partial charge is 0.312 e. The molecule has 3 rings (SSSR count). The average molecular weight is 298 g/mol. The molecule has 0 unspecified atom stereocenters. The Balaban J connectivity index is 0.000000853. The minimum atomic E-state index is 0. The van der Waals surface area contributed by atoms with Gasteiger partial charge in [-0.25, -0.2) is 15.0 Å². The molecule has 0 amide bonds. The third kappa shape index (κ3) is 3.00. The second-order valence-electron chi connectivity index (χ2n) is 3.82. The summed E-state index contributed by atoms with van der Waals surface area (Å²) < 4.78 is 2.20. The third-order valence-corrected chi connectivity index (χ3v) is 2.96. The number of hydrogen-bond acceptors (Lipinski definition) is 3. The van der Waals surface area contributed by atoms with E-state index in [0.29, 0.717) is 6.04 Å². The molecule has 1 fully saturated rings. The lowest BCUT2D eigenvalue weighted by Crippen LogP contribution is -2.03. The van der Waals surface area contributed by atoms with Gasteiger partial charge in [-0.2, -0.15) is 0 Å². The second-order valence-corrected chi connectivity index (χ2v) is 3.82. The van der Waals surface area contributed by atoms with Crippen LogP contribution >= 0.6 is 37.2 Å². The van der Waals surface area contributed by atoms with Crippen LogP contribution in [0.4, 0.5) is 0 Å². The van der Waals surface area contributed by atoms with Crippen molar-refractivity contribution in [2.45, 2.75) is 31.7 Å². The molecule has 1 aliphatic carbocycles. The number of hydrogen-bond donors (Lipinski definition) is 0. The minimum Gasteiger partial charge on any atom is -0.312 e. The predicted octanol–water partition coefficient (Wildman–Crippen LogP) is 3.21. The smallest absolute Gasteiger partial charge is 0.163 e. The summed E-state index contributed by atoms with van der Waals surface area (Å²) in [7, 11) is 0. The third-order valence-electron chi connectivity index (χ3n) is 2.96. The van der Waals surface area contributed by atoms with Crippen molar-refractivity contribution in [1.29, 1.82) is 0 Å². The molecule has 7 heteroatoms.